The molecule has 148 valence electrons. The van der Waals surface area contributed by atoms with Crippen LogP contribution in [0.5, 0.6) is 0 Å². The molecule has 3 aromatic rings. The van der Waals surface area contributed by atoms with Crippen LogP contribution in [0.1, 0.15) is 48.2 Å². The predicted molar refractivity (Wildman–Crippen MR) is 118 cm³/mol. The predicted octanol–water partition coefficient (Wildman–Crippen LogP) is 5.24. The van der Waals surface area contributed by atoms with Crippen molar-refractivity contribution in [1.82, 2.24) is 4.98 Å². The molecular formula is C25H25ClN2O. The average Bonchev–Trinajstić information content (AvgIpc) is 3.17. The molecular weight excluding hydrogens is 380 g/mol. The highest BCUT2D eigenvalue weighted by atomic mass is 35.5. The second-order valence-electron chi connectivity index (χ2n) is 8.32. The summed E-state index contributed by atoms with van der Waals surface area (Å²) in [5.41, 5.74) is 13.0. The van der Waals surface area contributed by atoms with E-state index in [1.54, 1.807) is 0 Å². The molecule has 0 radical (unpaired) electrons. The molecule has 2 aromatic carbocycles. The first-order valence-corrected chi connectivity index (χ1v) is 10.4. The summed E-state index contributed by atoms with van der Waals surface area (Å²) >= 11 is 6.19. The van der Waals surface area contributed by atoms with Crippen molar-refractivity contribution in [3.05, 3.63) is 87.6 Å². The number of fused-ring (bicyclic) bond motifs is 1. The Hall–Kier alpha value is -2.65. The number of halogens is 1. The number of benzene rings is 2. The lowest BCUT2D eigenvalue weighted by molar-refractivity contribution is -0.122. The molecule has 0 unspecified atom stereocenters. The molecule has 0 atom stereocenters. The van der Waals surface area contributed by atoms with Crippen molar-refractivity contribution < 1.29 is 4.79 Å². The standard InChI is InChI=1S/C25H25ClN2O/c1-25(2,24(27)29)19-11-9-16(10-12-19)13-18-15-23(17-5-3-6-20(26)14-17)28-22-8-4-7-21(18)22/h3,5-6,9-12,14-15H,4,7-8,13H2,1-2H3,(H2,27,29). The van der Waals surface area contributed by atoms with E-state index in [2.05, 4.69) is 24.3 Å². The largest absolute Gasteiger partial charge is 0.369 e. The molecule has 0 fully saturated rings. The Morgan fingerprint density at radius 1 is 1.10 bits per heavy atom. The monoisotopic (exact) mass is 404 g/mol. The molecule has 4 rings (SSSR count). The van der Waals surface area contributed by atoms with Gasteiger partial charge in [0.2, 0.25) is 5.91 Å². The van der Waals surface area contributed by atoms with Crippen molar-refractivity contribution in [3.63, 3.8) is 0 Å². The fourth-order valence-corrected chi connectivity index (χ4v) is 4.17. The van der Waals surface area contributed by atoms with Crippen LogP contribution >= 0.6 is 11.6 Å². The highest BCUT2D eigenvalue weighted by molar-refractivity contribution is 6.30. The van der Waals surface area contributed by atoms with E-state index in [1.807, 2.05) is 44.2 Å². The first-order chi connectivity index (χ1) is 13.8. The normalized spacial score (nSPS) is 13.3. The summed E-state index contributed by atoms with van der Waals surface area (Å²) in [6, 6.07) is 18.3. The molecule has 0 saturated heterocycles. The van der Waals surface area contributed by atoms with Crippen LogP contribution in [0, 0.1) is 0 Å². The molecule has 29 heavy (non-hydrogen) atoms. The molecule has 2 N–H and O–H groups in total. The van der Waals surface area contributed by atoms with Gasteiger partial charge in [0.1, 0.15) is 0 Å². The fourth-order valence-electron chi connectivity index (χ4n) is 3.98. The van der Waals surface area contributed by atoms with Gasteiger partial charge in [-0.05, 0) is 80.0 Å². The zero-order valence-corrected chi connectivity index (χ0v) is 17.6. The molecule has 0 saturated carbocycles. The van der Waals surface area contributed by atoms with E-state index in [0.717, 1.165) is 47.5 Å². The summed E-state index contributed by atoms with van der Waals surface area (Å²) in [5, 5.41) is 0.721. The minimum Gasteiger partial charge on any atom is -0.369 e. The van der Waals surface area contributed by atoms with Gasteiger partial charge in [0.05, 0.1) is 11.1 Å². The fraction of sp³-hybridized carbons (Fsp3) is 0.280. The van der Waals surface area contributed by atoms with E-state index in [1.165, 1.54) is 22.4 Å². The van der Waals surface area contributed by atoms with Gasteiger partial charge in [-0.15, -0.1) is 0 Å². The van der Waals surface area contributed by atoms with Crippen LogP contribution in [0.3, 0.4) is 0 Å². The quantitative estimate of drug-likeness (QED) is 0.631. The third-order valence-corrected chi connectivity index (χ3v) is 6.18. The third kappa shape index (κ3) is 3.92. The average molecular weight is 405 g/mol. The Bertz CT molecular complexity index is 1070. The van der Waals surface area contributed by atoms with Crippen LogP contribution in [-0.4, -0.2) is 10.9 Å². The number of carbonyl (C=O) groups excluding carboxylic acids is 1. The van der Waals surface area contributed by atoms with Crippen molar-refractivity contribution in [3.8, 4) is 11.3 Å². The van der Waals surface area contributed by atoms with Crippen LogP contribution in [-0.2, 0) is 29.5 Å². The third-order valence-electron chi connectivity index (χ3n) is 5.95. The minimum atomic E-state index is -0.670. The highest BCUT2D eigenvalue weighted by Gasteiger charge is 2.27. The maximum Gasteiger partial charge on any atom is 0.227 e. The van der Waals surface area contributed by atoms with Gasteiger partial charge in [-0.3, -0.25) is 9.78 Å². The second-order valence-corrected chi connectivity index (χ2v) is 8.76. The number of rotatable bonds is 5. The summed E-state index contributed by atoms with van der Waals surface area (Å²) in [6.45, 7) is 3.72. The van der Waals surface area contributed by atoms with E-state index in [0.29, 0.717) is 0 Å². The van der Waals surface area contributed by atoms with Crippen molar-refractivity contribution in [2.45, 2.75) is 44.9 Å². The molecule has 1 aliphatic rings. The topological polar surface area (TPSA) is 56.0 Å². The summed E-state index contributed by atoms with van der Waals surface area (Å²) in [4.78, 5) is 16.7. The number of nitrogens with two attached hydrogens (primary N) is 1. The summed E-state index contributed by atoms with van der Waals surface area (Å²) in [7, 11) is 0. The number of aryl methyl sites for hydroxylation is 1. The first-order valence-electron chi connectivity index (χ1n) is 10.0. The summed E-state index contributed by atoms with van der Waals surface area (Å²) in [6.07, 6.45) is 4.11. The Kier molecular flexibility index (Phi) is 5.18. The highest BCUT2D eigenvalue weighted by Crippen LogP contribution is 2.31. The van der Waals surface area contributed by atoms with Gasteiger partial charge >= 0.3 is 0 Å². The first kappa shape index (κ1) is 19.7. The van der Waals surface area contributed by atoms with Crippen LogP contribution in [0.4, 0.5) is 0 Å². The van der Waals surface area contributed by atoms with Crippen molar-refractivity contribution in [2.75, 3.05) is 0 Å². The van der Waals surface area contributed by atoms with Crippen molar-refractivity contribution >= 4 is 17.5 Å². The number of pyridine rings is 1. The van der Waals surface area contributed by atoms with Crippen LogP contribution in [0.25, 0.3) is 11.3 Å². The zero-order valence-electron chi connectivity index (χ0n) is 16.8. The van der Waals surface area contributed by atoms with E-state index < -0.39 is 5.41 Å². The van der Waals surface area contributed by atoms with Crippen LogP contribution in [0.2, 0.25) is 5.02 Å². The van der Waals surface area contributed by atoms with Crippen molar-refractivity contribution in [1.29, 1.82) is 0 Å². The minimum absolute atomic E-state index is 0.316. The number of primary amides is 1. The van der Waals surface area contributed by atoms with E-state index in [9.17, 15) is 4.79 Å². The Morgan fingerprint density at radius 3 is 2.55 bits per heavy atom. The molecule has 1 aromatic heterocycles. The number of hydrogen-bond donors (Lipinski definition) is 1. The number of hydrogen-bond acceptors (Lipinski definition) is 2. The maximum absolute atomic E-state index is 11.7. The lowest BCUT2D eigenvalue weighted by Crippen LogP contribution is -2.35. The smallest absolute Gasteiger partial charge is 0.227 e. The van der Waals surface area contributed by atoms with Crippen LogP contribution < -0.4 is 5.73 Å². The molecule has 0 spiro atoms. The Morgan fingerprint density at radius 2 is 1.86 bits per heavy atom. The lowest BCUT2D eigenvalue weighted by atomic mass is 9.83. The summed E-state index contributed by atoms with van der Waals surface area (Å²) in [5.74, 6) is -0.316. The molecule has 0 bridgehead atoms. The van der Waals surface area contributed by atoms with Gasteiger partial charge < -0.3 is 5.73 Å². The molecule has 3 nitrogen and oxygen atoms in total. The van der Waals surface area contributed by atoms with Crippen LogP contribution in [0.15, 0.2) is 54.6 Å². The maximum atomic E-state index is 11.7. The lowest BCUT2D eigenvalue weighted by Gasteiger charge is -2.21. The molecule has 1 heterocycles. The van der Waals surface area contributed by atoms with Gasteiger partial charge in [-0.25, -0.2) is 0 Å². The van der Waals surface area contributed by atoms with E-state index in [-0.39, 0.29) is 5.91 Å². The van der Waals surface area contributed by atoms with E-state index in [4.69, 9.17) is 22.3 Å². The van der Waals surface area contributed by atoms with Gasteiger partial charge in [0.25, 0.3) is 0 Å². The second kappa shape index (κ2) is 7.64. The SMILES string of the molecule is CC(C)(C(N)=O)c1ccc(Cc2cc(-c3cccc(Cl)c3)nc3c2CCC3)cc1. The Labute approximate surface area is 176 Å². The molecule has 4 heteroatoms. The molecule has 1 amide bonds. The number of aromatic nitrogens is 1. The zero-order chi connectivity index (χ0) is 20.6. The van der Waals surface area contributed by atoms with Crippen molar-refractivity contribution in [2.24, 2.45) is 5.73 Å². The van der Waals surface area contributed by atoms with Gasteiger partial charge in [-0.1, -0.05) is 48.0 Å². The number of amides is 1. The van der Waals surface area contributed by atoms with E-state index >= 15 is 0 Å². The summed E-state index contributed by atoms with van der Waals surface area (Å²) < 4.78 is 0. The van der Waals surface area contributed by atoms with Gasteiger partial charge in [0.15, 0.2) is 0 Å². The molecule has 1 aliphatic carbocycles. The Balaban J connectivity index is 1.68. The van der Waals surface area contributed by atoms with Gasteiger partial charge in [-0.2, -0.15) is 0 Å². The number of nitrogens with zero attached hydrogens (tertiary/aromatic N) is 1. The number of carbonyl (C=O) groups is 1. The molecule has 0 aliphatic heterocycles. The van der Waals surface area contributed by atoms with Gasteiger partial charge in [0, 0.05) is 16.3 Å².